The molecular formula is C18H35F3N4O3. The zero-order valence-corrected chi connectivity index (χ0v) is 16.9. The Morgan fingerprint density at radius 3 is 2.14 bits per heavy atom. The number of halogens is 3. The van der Waals surface area contributed by atoms with Gasteiger partial charge in [-0.05, 0) is 18.8 Å². The third-order valence-corrected chi connectivity index (χ3v) is 3.82. The molecule has 0 rings (SSSR count). The van der Waals surface area contributed by atoms with E-state index in [1.807, 2.05) is 0 Å². The average Bonchev–Trinajstić information content (AvgIpc) is 2.57. The molecule has 6 N–H and O–H groups in total. The number of alkyl halides is 3. The minimum absolute atomic E-state index is 0.175. The van der Waals surface area contributed by atoms with Gasteiger partial charge in [0.05, 0.1) is 6.54 Å². The first kappa shape index (κ1) is 28.2. The van der Waals surface area contributed by atoms with E-state index in [4.69, 9.17) is 21.4 Å². The van der Waals surface area contributed by atoms with Crippen LogP contribution in [0.4, 0.5) is 13.2 Å². The van der Waals surface area contributed by atoms with E-state index in [1.165, 1.54) is 32.1 Å². The predicted octanol–water partition coefficient (Wildman–Crippen LogP) is -0.0779. The number of unbranched alkanes of at least 4 members (excludes halogenated alkanes) is 5. The molecule has 0 aliphatic rings. The van der Waals surface area contributed by atoms with Gasteiger partial charge in [-0.3, -0.25) is 21.3 Å². The van der Waals surface area contributed by atoms with Gasteiger partial charge in [0.1, 0.15) is 5.97 Å². The summed E-state index contributed by atoms with van der Waals surface area (Å²) in [6, 6.07) is 0. The lowest BCUT2D eigenvalue weighted by Crippen LogP contribution is -2.78. The van der Waals surface area contributed by atoms with Gasteiger partial charge in [0, 0.05) is 13.0 Å². The highest BCUT2D eigenvalue weighted by Gasteiger charge is 2.28. The molecule has 166 valence electrons. The summed E-state index contributed by atoms with van der Waals surface area (Å²) in [5.41, 5.74) is 10.6. The molecule has 0 aromatic heterocycles. The Labute approximate surface area is 165 Å². The van der Waals surface area contributed by atoms with Crippen LogP contribution < -0.4 is 26.9 Å². The van der Waals surface area contributed by atoms with E-state index in [0.29, 0.717) is 12.3 Å². The van der Waals surface area contributed by atoms with Crippen molar-refractivity contribution in [3.8, 4) is 0 Å². The number of carboxylic acids is 1. The van der Waals surface area contributed by atoms with Gasteiger partial charge in [0.15, 0.2) is 0 Å². The van der Waals surface area contributed by atoms with Crippen molar-refractivity contribution in [1.29, 1.82) is 0 Å². The van der Waals surface area contributed by atoms with Crippen LogP contribution in [0.1, 0.15) is 71.6 Å². The first-order valence-corrected chi connectivity index (χ1v) is 9.67. The Bertz CT molecular complexity index is 454. The van der Waals surface area contributed by atoms with Crippen LogP contribution in [0.15, 0.2) is 0 Å². The summed E-state index contributed by atoms with van der Waals surface area (Å²) < 4.78 is 31.5. The Morgan fingerprint density at radius 2 is 1.64 bits per heavy atom. The number of rotatable bonds is 13. The van der Waals surface area contributed by atoms with Crippen LogP contribution in [-0.2, 0) is 9.59 Å². The van der Waals surface area contributed by atoms with Crippen LogP contribution in [0.3, 0.4) is 0 Å². The molecule has 0 radical (unpaired) electrons. The molecule has 0 aromatic rings. The standard InChI is InChI=1S/C16H34N4O.C2HF3O2/c1-3-4-5-6-7-10-14(2)13-15(21)19-11-8-9-12-20-16(17)18;3-2(4,5)1(6)7/h14H,3-13H2,1-2H3,(H,19,21)(H4,17,18,20);(H,6,7)/t14-;/m0./s1. The van der Waals surface area contributed by atoms with Crippen molar-refractivity contribution in [2.75, 3.05) is 13.1 Å². The second kappa shape index (κ2) is 17.1. The van der Waals surface area contributed by atoms with Crippen LogP contribution in [0.5, 0.6) is 0 Å². The lowest BCUT2D eigenvalue weighted by molar-refractivity contribution is -0.459. The van der Waals surface area contributed by atoms with Crippen molar-refractivity contribution in [1.82, 2.24) is 5.32 Å². The monoisotopic (exact) mass is 412 g/mol. The van der Waals surface area contributed by atoms with E-state index in [-0.39, 0.29) is 11.9 Å². The van der Waals surface area contributed by atoms with Gasteiger partial charge in [-0.15, -0.1) is 0 Å². The van der Waals surface area contributed by atoms with Gasteiger partial charge in [0.25, 0.3) is 0 Å². The number of nitrogens with one attached hydrogen (secondary N) is 2. The molecule has 28 heavy (non-hydrogen) atoms. The molecule has 0 aliphatic carbocycles. The Hall–Kier alpha value is -2.00. The molecule has 0 bridgehead atoms. The maximum absolute atomic E-state index is 11.8. The van der Waals surface area contributed by atoms with Crippen molar-refractivity contribution in [2.24, 2.45) is 17.4 Å². The fraction of sp³-hybridized carbons (Fsp3) is 0.833. The molecule has 1 atom stereocenters. The molecule has 0 aromatic carbocycles. The molecular weight excluding hydrogens is 377 g/mol. The molecule has 1 amide bonds. The highest BCUT2D eigenvalue weighted by atomic mass is 19.4. The van der Waals surface area contributed by atoms with Gasteiger partial charge in [-0.25, -0.2) is 0 Å². The summed E-state index contributed by atoms with van der Waals surface area (Å²) in [6.07, 6.45) is 4.99. The van der Waals surface area contributed by atoms with E-state index >= 15 is 0 Å². The molecule has 10 heteroatoms. The summed E-state index contributed by atoms with van der Waals surface area (Å²) in [4.78, 5) is 23.4. The summed E-state index contributed by atoms with van der Waals surface area (Å²) in [7, 11) is 0. The van der Waals surface area contributed by atoms with Crippen LogP contribution in [-0.4, -0.2) is 37.1 Å². The quantitative estimate of drug-likeness (QED) is 0.191. The number of nitrogens with two attached hydrogens (primary N) is 2. The molecule has 0 aliphatic heterocycles. The maximum Gasteiger partial charge on any atom is 0.430 e. The molecule has 0 heterocycles. The number of guanidine groups is 1. The van der Waals surface area contributed by atoms with Gasteiger partial charge >= 0.3 is 12.1 Å². The molecule has 0 saturated carbocycles. The van der Waals surface area contributed by atoms with Crippen molar-refractivity contribution in [3.63, 3.8) is 0 Å². The van der Waals surface area contributed by atoms with Crippen molar-refractivity contribution < 1.29 is 32.9 Å². The lowest BCUT2D eigenvalue weighted by atomic mass is 9.99. The van der Waals surface area contributed by atoms with E-state index in [2.05, 4.69) is 24.2 Å². The van der Waals surface area contributed by atoms with E-state index in [1.54, 1.807) is 0 Å². The second-order valence-corrected chi connectivity index (χ2v) is 6.74. The minimum Gasteiger partial charge on any atom is -0.542 e. The zero-order chi connectivity index (χ0) is 22.0. The average molecular weight is 412 g/mol. The number of carboxylic acid groups (broad SMARTS) is 1. The number of carbonyl (C=O) groups excluding carboxylic acids is 2. The Kier molecular flexibility index (Phi) is 17.3. The number of hydrogen-bond acceptors (Lipinski definition) is 3. The maximum atomic E-state index is 11.8. The van der Waals surface area contributed by atoms with Gasteiger partial charge in [0.2, 0.25) is 5.91 Å². The number of aliphatic carboxylic acids is 1. The summed E-state index contributed by atoms with van der Waals surface area (Å²) in [5.74, 6) is -2.09. The highest BCUT2D eigenvalue weighted by Crippen LogP contribution is 2.14. The summed E-state index contributed by atoms with van der Waals surface area (Å²) in [5, 5.41) is 11.8. The zero-order valence-electron chi connectivity index (χ0n) is 16.9. The first-order chi connectivity index (χ1) is 13.0. The fourth-order valence-corrected chi connectivity index (χ4v) is 2.30. The topological polar surface area (TPSA) is 135 Å². The Balaban J connectivity index is 0. The lowest BCUT2D eigenvalue weighted by Gasteiger charge is -2.11. The Morgan fingerprint density at radius 1 is 1.07 bits per heavy atom. The van der Waals surface area contributed by atoms with E-state index in [0.717, 1.165) is 32.4 Å². The SMILES string of the molecule is CCCCCCC[C@H](C)CC(=O)NCCCC[NH+]=C(N)N.O=C([O-])C(F)(F)F. The highest BCUT2D eigenvalue weighted by molar-refractivity contribution is 5.76. The largest absolute Gasteiger partial charge is 0.542 e. The predicted molar refractivity (Wildman–Crippen MR) is 99.7 cm³/mol. The van der Waals surface area contributed by atoms with Crippen LogP contribution >= 0.6 is 0 Å². The number of amides is 1. The molecule has 7 nitrogen and oxygen atoms in total. The van der Waals surface area contributed by atoms with Gasteiger partial charge < -0.3 is 15.2 Å². The van der Waals surface area contributed by atoms with E-state index in [9.17, 15) is 18.0 Å². The van der Waals surface area contributed by atoms with Crippen LogP contribution in [0.25, 0.3) is 0 Å². The van der Waals surface area contributed by atoms with Crippen molar-refractivity contribution in [3.05, 3.63) is 0 Å². The number of hydrogen-bond donors (Lipinski definition) is 4. The van der Waals surface area contributed by atoms with E-state index < -0.39 is 12.1 Å². The normalized spacial score (nSPS) is 11.8. The molecule has 0 unspecified atom stereocenters. The summed E-state index contributed by atoms with van der Waals surface area (Å²) in [6.45, 7) is 5.88. The second-order valence-electron chi connectivity index (χ2n) is 6.74. The van der Waals surface area contributed by atoms with Crippen molar-refractivity contribution in [2.45, 2.75) is 77.8 Å². The van der Waals surface area contributed by atoms with Crippen molar-refractivity contribution >= 4 is 17.8 Å². The molecule has 0 spiro atoms. The fourth-order valence-electron chi connectivity index (χ4n) is 2.30. The van der Waals surface area contributed by atoms with Crippen LogP contribution in [0.2, 0.25) is 0 Å². The first-order valence-electron chi connectivity index (χ1n) is 9.67. The minimum atomic E-state index is -5.19. The van der Waals surface area contributed by atoms with Gasteiger partial charge in [-0.1, -0.05) is 52.4 Å². The summed E-state index contributed by atoms with van der Waals surface area (Å²) >= 11 is 0. The number of carbonyl (C=O) groups is 2. The van der Waals surface area contributed by atoms with Gasteiger partial charge in [-0.2, -0.15) is 13.2 Å². The van der Waals surface area contributed by atoms with Crippen LogP contribution in [0, 0.1) is 5.92 Å². The smallest absolute Gasteiger partial charge is 0.430 e. The third kappa shape index (κ3) is 22.0. The third-order valence-electron chi connectivity index (χ3n) is 3.82. The molecule has 0 fully saturated rings. The molecule has 0 saturated heterocycles.